The minimum Gasteiger partial charge on any atom is -0.303 e. The Kier molecular flexibility index (Phi) is 17.9. The molecule has 0 fully saturated rings. The minimum absolute atomic E-state index is 0.324. The first-order valence-corrected chi connectivity index (χ1v) is 7.60. The van der Waals surface area contributed by atoms with Gasteiger partial charge in [0.05, 0.1) is 0 Å². The summed E-state index contributed by atoms with van der Waals surface area (Å²) < 4.78 is 0. The average molecular weight is 256 g/mol. The Balaban J connectivity index is 0. The topological polar surface area (TPSA) is 34.1 Å². The molecule has 0 saturated heterocycles. The number of rotatable bonds is 10. The van der Waals surface area contributed by atoms with Crippen LogP contribution in [0.5, 0.6) is 0 Å². The number of carbonyl (C=O) groups is 2. The molecule has 108 valence electrons. The molecule has 2 heteroatoms. The second-order valence-corrected chi connectivity index (χ2v) is 4.89. The molecule has 2 atom stereocenters. The lowest BCUT2D eigenvalue weighted by molar-refractivity contribution is -0.112. The molecule has 2 nitrogen and oxygen atoms in total. The fourth-order valence-electron chi connectivity index (χ4n) is 1.67. The van der Waals surface area contributed by atoms with Crippen LogP contribution in [0.2, 0.25) is 0 Å². The van der Waals surface area contributed by atoms with Gasteiger partial charge in [-0.05, 0) is 25.7 Å². The van der Waals surface area contributed by atoms with Gasteiger partial charge < -0.3 is 9.59 Å². The number of unbranched alkanes of at least 4 members (excludes halogenated alkanes) is 2. The Morgan fingerprint density at radius 1 is 0.722 bits per heavy atom. The normalized spacial score (nSPS) is 13.1. The van der Waals surface area contributed by atoms with Crippen molar-refractivity contribution in [2.45, 2.75) is 79.1 Å². The van der Waals surface area contributed by atoms with E-state index >= 15 is 0 Å². The van der Waals surface area contributed by atoms with Crippen molar-refractivity contribution in [1.29, 1.82) is 0 Å². The van der Waals surface area contributed by atoms with E-state index in [1.807, 2.05) is 0 Å². The molecule has 0 aliphatic rings. The van der Waals surface area contributed by atoms with Crippen molar-refractivity contribution in [2.75, 3.05) is 0 Å². The van der Waals surface area contributed by atoms with Gasteiger partial charge in [0.15, 0.2) is 0 Å². The number of aldehydes is 2. The summed E-state index contributed by atoms with van der Waals surface area (Å²) in [7, 11) is 0. The van der Waals surface area contributed by atoms with Crippen LogP contribution in [-0.4, -0.2) is 12.6 Å². The lowest BCUT2D eigenvalue weighted by Crippen LogP contribution is -1.98. The molecule has 0 amide bonds. The van der Waals surface area contributed by atoms with Crippen LogP contribution in [0.25, 0.3) is 0 Å². The van der Waals surface area contributed by atoms with Crippen LogP contribution in [0.4, 0.5) is 0 Å². The molecule has 0 aliphatic carbocycles. The van der Waals surface area contributed by atoms with E-state index in [2.05, 4.69) is 27.7 Å². The van der Waals surface area contributed by atoms with Gasteiger partial charge in [-0.15, -0.1) is 0 Å². The number of hydrogen-bond acceptors (Lipinski definition) is 2. The van der Waals surface area contributed by atoms with Crippen molar-refractivity contribution < 1.29 is 9.59 Å². The van der Waals surface area contributed by atoms with E-state index in [0.717, 1.165) is 38.3 Å². The van der Waals surface area contributed by atoms with Crippen LogP contribution >= 0.6 is 0 Å². The fraction of sp³-hybridized carbons (Fsp3) is 0.875. The first-order chi connectivity index (χ1) is 8.69. The first kappa shape index (κ1) is 19.7. The van der Waals surface area contributed by atoms with E-state index < -0.39 is 0 Å². The molecule has 18 heavy (non-hydrogen) atoms. The SMILES string of the molecule is CCCCC(C=O)CC.CCCCC(C=O)CC. The van der Waals surface area contributed by atoms with Gasteiger partial charge >= 0.3 is 0 Å². The third kappa shape index (κ3) is 13.4. The largest absolute Gasteiger partial charge is 0.303 e. The van der Waals surface area contributed by atoms with E-state index in [9.17, 15) is 9.59 Å². The van der Waals surface area contributed by atoms with E-state index in [0.29, 0.717) is 11.8 Å². The summed E-state index contributed by atoms with van der Waals surface area (Å²) in [4.78, 5) is 20.5. The molecular formula is C16H32O2. The van der Waals surface area contributed by atoms with Crippen LogP contribution in [0.15, 0.2) is 0 Å². The zero-order valence-corrected chi connectivity index (χ0v) is 12.8. The molecule has 0 N–H and O–H groups in total. The van der Waals surface area contributed by atoms with Crippen molar-refractivity contribution in [2.24, 2.45) is 11.8 Å². The Morgan fingerprint density at radius 3 is 1.22 bits per heavy atom. The van der Waals surface area contributed by atoms with Crippen LogP contribution < -0.4 is 0 Å². The lowest BCUT2D eigenvalue weighted by Gasteiger charge is -2.03. The molecule has 0 aliphatic heterocycles. The van der Waals surface area contributed by atoms with Crippen LogP contribution in [0, 0.1) is 11.8 Å². The average Bonchev–Trinajstić information content (AvgIpc) is 2.42. The Morgan fingerprint density at radius 2 is 1.06 bits per heavy atom. The molecule has 0 rings (SSSR count). The molecule has 2 unspecified atom stereocenters. The third-order valence-corrected chi connectivity index (χ3v) is 3.29. The van der Waals surface area contributed by atoms with Gasteiger partial charge in [-0.3, -0.25) is 0 Å². The van der Waals surface area contributed by atoms with E-state index in [1.54, 1.807) is 0 Å². The second kappa shape index (κ2) is 16.3. The van der Waals surface area contributed by atoms with Crippen LogP contribution in [0.1, 0.15) is 79.1 Å². The van der Waals surface area contributed by atoms with Crippen LogP contribution in [0.3, 0.4) is 0 Å². The summed E-state index contributed by atoms with van der Waals surface area (Å²) in [6, 6.07) is 0. The molecular weight excluding hydrogens is 224 g/mol. The van der Waals surface area contributed by atoms with Crippen molar-refractivity contribution in [1.82, 2.24) is 0 Å². The highest BCUT2D eigenvalue weighted by Crippen LogP contribution is 2.09. The van der Waals surface area contributed by atoms with E-state index in [1.165, 1.54) is 25.7 Å². The third-order valence-electron chi connectivity index (χ3n) is 3.29. The predicted molar refractivity (Wildman–Crippen MR) is 78.7 cm³/mol. The summed E-state index contributed by atoms with van der Waals surface area (Å²) in [6.07, 6.45) is 11.1. The van der Waals surface area contributed by atoms with Crippen molar-refractivity contribution in [3.63, 3.8) is 0 Å². The maximum absolute atomic E-state index is 10.2. The zero-order valence-electron chi connectivity index (χ0n) is 12.8. The molecule has 0 bridgehead atoms. The van der Waals surface area contributed by atoms with Gasteiger partial charge in [-0.2, -0.15) is 0 Å². The molecule has 0 radical (unpaired) electrons. The highest BCUT2D eigenvalue weighted by molar-refractivity contribution is 5.53. The second-order valence-electron chi connectivity index (χ2n) is 4.89. The first-order valence-electron chi connectivity index (χ1n) is 7.60. The molecule has 0 aromatic heterocycles. The number of carbonyl (C=O) groups excluding carboxylic acids is 2. The number of hydrogen-bond donors (Lipinski definition) is 0. The van der Waals surface area contributed by atoms with Crippen molar-refractivity contribution in [3.8, 4) is 0 Å². The monoisotopic (exact) mass is 256 g/mol. The lowest BCUT2D eigenvalue weighted by atomic mass is 10.0. The maximum Gasteiger partial charge on any atom is 0.123 e. The Hall–Kier alpha value is -0.660. The summed E-state index contributed by atoms with van der Waals surface area (Å²) >= 11 is 0. The molecule has 0 saturated carbocycles. The summed E-state index contributed by atoms with van der Waals surface area (Å²) in [6.45, 7) is 8.43. The van der Waals surface area contributed by atoms with Gasteiger partial charge in [0.2, 0.25) is 0 Å². The Bertz CT molecular complexity index is 158. The highest BCUT2D eigenvalue weighted by Gasteiger charge is 2.01. The highest BCUT2D eigenvalue weighted by atomic mass is 16.1. The van der Waals surface area contributed by atoms with E-state index in [-0.39, 0.29) is 0 Å². The van der Waals surface area contributed by atoms with Crippen molar-refractivity contribution >= 4 is 12.6 Å². The molecule has 0 aromatic rings. The van der Waals surface area contributed by atoms with Gasteiger partial charge in [-0.1, -0.05) is 53.4 Å². The summed E-state index contributed by atoms with van der Waals surface area (Å²) in [5.41, 5.74) is 0. The Labute approximate surface area is 114 Å². The zero-order chi connectivity index (χ0) is 14.2. The van der Waals surface area contributed by atoms with Gasteiger partial charge in [0.1, 0.15) is 12.6 Å². The maximum atomic E-state index is 10.2. The summed E-state index contributed by atoms with van der Waals surface area (Å²) in [5, 5.41) is 0. The van der Waals surface area contributed by atoms with Gasteiger partial charge in [0.25, 0.3) is 0 Å². The quantitative estimate of drug-likeness (QED) is 0.526. The van der Waals surface area contributed by atoms with Gasteiger partial charge in [0, 0.05) is 11.8 Å². The smallest absolute Gasteiger partial charge is 0.123 e. The minimum atomic E-state index is 0.324. The molecule has 0 aromatic carbocycles. The van der Waals surface area contributed by atoms with Crippen LogP contribution in [-0.2, 0) is 9.59 Å². The molecule has 0 spiro atoms. The predicted octanol–water partition coefficient (Wildman–Crippen LogP) is 4.80. The summed E-state index contributed by atoms with van der Waals surface area (Å²) in [5.74, 6) is 0.648. The van der Waals surface area contributed by atoms with E-state index in [4.69, 9.17) is 0 Å². The standard InChI is InChI=1S/2C8H16O/c2*1-3-5-6-8(4-2)7-9/h2*7-8H,3-6H2,1-2H3. The van der Waals surface area contributed by atoms with Crippen molar-refractivity contribution in [3.05, 3.63) is 0 Å². The fourth-order valence-corrected chi connectivity index (χ4v) is 1.67. The van der Waals surface area contributed by atoms with Gasteiger partial charge in [-0.25, -0.2) is 0 Å². The molecule has 0 heterocycles.